The van der Waals surface area contributed by atoms with E-state index in [4.69, 9.17) is 5.39 Å². The number of hydrogen-bond donors (Lipinski definition) is 1. The molecule has 0 atom stereocenters. The molecule has 1 N–H and O–H groups in total. The third-order valence-electron chi connectivity index (χ3n) is 2.32. The second-order valence-electron chi connectivity index (χ2n) is 3.30. The molecule has 0 aliphatic carbocycles. The lowest BCUT2D eigenvalue weighted by molar-refractivity contribution is -0.393. The van der Waals surface area contributed by atoms with Gasteiger partial charge in [-0.15, -0.1) is 0 Å². The molecule has 1 aromatic heterocycles. The number of H-pyrrole nitrogens is 1. The predicted octanol–water partition coefficient (Wildman–Crippen LogP) is 1.54. The van der Waals surface area contributed by atoms with Crippen molar-refractivity contribution in [3.8, 4) is 5.88 Å². The Morgan fingerprint density at radius 2 is 1.89 bits per heavy atom. The van der Waals surface area contributed by atoms with Crippen LogP contribution in [0.1, 0.15) is 0 Å². The van der Waals surface area contributed by atoms with Crippen molar-refractivity contribution in [2.75, 3.05) is 0 Å². The minimum atomic E-state index is -0.869. The highest BCUT2D eigenvalue weighted by atomic mass is 16.6. The van der Waals surface area contributed by atoms with Crippen LogP contribution in [-0.4, -0.2) is 14.8 Å². The van der Waals surface area contributed by atoms with Crippen LogP contribution in [0.4, 0.5) is 17.1 Å². The fraction of sp³-hybridized carbons (Fsp3) is 0. The second-order valence-corrected chi connectivity index (χ2v) is 3.30. The molecule has 0 saturated carbocycles. The molecule has 0 fully saturated rings. The Labute approximate surface area is 97.4 Å². The molecule has 1 heterocycles. The van der Waals surface area contributed by atoms with Crippen molar-refractivity contribution in [2.24, 2.45) is 0 Å². The fourth-order valence-corrected chi connectivity index (χ4v) is 1.57. The molecular weight excluding hydrogens is 246 g/mol. The summed E-state index contributed by atoms with van der Waals surface area (Å²) in [5.41, 5.74) is -1.93. The summed E-state index contributed by atoms with van der Waals surface area (Å²) in [5.74, 6) is -0.865. The normalized spacial score (nSPS) is 10.2. The summed E-state index contributed by atoms with van der Waals surface area (Å²) in [5, 5.41) is 41.2. The van der Waals surface area contributed by atoms with Gasteiger partial charge in [-0.1, -0.05) is 0 Å². The van der Waals surface area contributed by atoms with Gasteiger partial charge in [-0.3, -0.25) is 20.2 Å². The average molecular weight is 249 g/mol. The number of nitrogens with zero attached hydrogens (tertiary/aromatic N) is 4. The van der Waals surface area contributed by atoms with Gasteiger partial charge in [0.2, 0.25) is 5.39 Å². The van der Waals surface area contributed by atoms with Crippen LogP contribution in [0.15, 0.2) is 12.1 Å². The molecule has 0 bridgehead atoms. The van der Waals surface area contributed by atoms with Gasteiger partial charge in [0.15, 0.2) is 4.98 Å². The summed E-state index contributed by atoms with van der Waals surface area (Å²) in [6, 6.07) is 1.65. The average Bonchev–Trinajstić information content (AvgIpc) is 2.62. The highest BCUT2D eigenvalue weighted by Crippen LogP contribution is 2.40. The number of non-ortho nitro benzene ring substituents is 2. The summed E-state index contributed by atoms with van der Waals surface area (Å²) in [7, 11) is 0. The first-order valence-corrected chi connectivity index (χ1v) is 4.46. The van der Waals surface area contributed by atoms with Crippen molar-refractivity contribution in [3.63, 3.8) is 0 Å². The van der Waals surface area contributed by atoms with E-state index in [0.717, 1.165) is 12.1 Å². The Hall–Kier alpha value is -3.22. The van der Waals surface area contributed by atoms with Gasteiger partial charge in [0.25, 0.3) is 11.4 Å². The van der Waals surface area contributed by atoms with Crippen LogP contribution in [0.25, 0.3) is 15.9 Å². The highest BCUT2D eigenvalue weighted by molar-refractivity contribution is 6.02. The third kappa shape index (κ3) is 1.47. The van der Waals surface area contributed by atoms with Crippen LogP contribution in [0.3, 0.4) is 0 Å². The summed E-state index contributed by atoms with van der Waals surface area (Å²) in [6.07, 6.45) is 0. The Balaban J connectivity index is 2.95. The van der Waals surface area contributed by atoms with Crippen molar-refractivity contribution in [2.45, 2.75) is 0 Å². The van der Waals surface area contributed by atoms with Crippen LogP contribution in [-0.2, 0) is 0 Å². The molecule has 0 aliphatic rings. The maximum atomic E-state index is 11.3. The summed E-state index contributed by atoms with van der Waals surface area (Å²) < 4.78 is 0. The zero-order chi connectivity index (χ0) is 13.4. The van der Waals surface area contributed by atoms with Gasteiger partial charge in [-0.2, -0.15) is 0 Å². The molecule has 2 aromatic rings. The zero-order valence-corrected chi connectivity index (χ0v) is 8.48. The smallest absolute Gasteiger partial charge is 0.403 e. The monoisotopic (exact) mass is 249 g/mol. The lowest BCUT2D eigenvalue weighted by Crippen LogP contribution is -1.93. The summed E-state index contributed by atoms with van der Waals surface area (Å²) in [4.78, 5) is 24.5. The molecule has 0 spiro atoms. The van der Waals surface area contributed by atoms with E-state index in [1.54, 1.807) is 0 Å². The number of aromatic nitrogens is 1. The van der Waals surface area contributed by atoms with Crippen LogP contribution in [0.5, 0.6) is 5.88 Å². The molecular formula is C8H3N5O5. The van der Waals surface area contributed by atoms with E-state index in [-0.39, 0.29) is 10.9 Å². The first kappa shape index (κ1) is 11.3. The van der Waals surface area contributed by atoms with Gasteiger partial charge >= 0.3 is 5.69 Å². The van der Waals surface area contributed by atoms with Crippen molar-refractivity contribution in [1.29, 1.82) is 5.39 Å². The molecule has 0 aliphatic heterocycles. The number of nitrogens with one attached hydrogen (secondary N) is 1. The van der Waals surface area contributed by atoms with E-state index in [1.165, 1.54) is 0 Å². The standard InChI is InChI=1S/C8H3N5O5/c9-11-7-4-1-3(12(15)16)2-5(13(17)18)6(4)10-8(7)14/h1-2,9H. The number of nitro benzene ring substituents is 2. The van der Waals surface area contributed by atoms with E-state index in [1.807, 2.05) is 0 Å². The molecule has 0 saturated heterocycles. The van der Waals surface area contributed by atoms with Gasteiger partial charge in [0.1, 0.15) is 10.9 Å². The predicted molar refractivity (Wildman–Crippen MR) is 55.8 cm³/mol. The fourth-order valence-electron chi connectivity index (χ4n) is 1.57. The van der Waals surface area contributed by atoms with E-state index >= 15 is 0 Å². The van der Waals surface area contributed by atoms with Crippen LogP contribution < -0.4 is 5.11 Å². The lowest BCUT2D eigenvalue weighted by Gasteiger charge is -1.94. The van der Waals surface area contributed by atoms with Crippen molar-refractivity contribution >= 4 is 28.0 Å². The molecule has 0 amide bonds. The zero-order valence-electron chi connectivity index (χ0n) is 8.48. The Morgan fingerprint density at radius 1 is 1.22 bits per heavy atom. The van der Waals surface area contributed by atoms with Gasteiger partial charge < -0.3 is 10.1 Å². The van der Waals surface area contributed by atoms with Crippen LogP contribution in [0, 0.1) is 25.6 Å². The number of rotatable bonds is 2. The Kier molecular flexibility index (Phi) is 2.30. The van der Waals surface area contributed by atoms with E-state index < -0.39 is 32.8 Å². The van der Waals surface area contributed by atoms with Gasteiger partial charge in [0.05, 0.1) is 21.8 Å². The highest BCUT2D eigenvalue weighted by Gasteiger charge is 2.27. The maximum absolute atomic E-state index is 11.3. The molecule has 10 nitrogen and oxygen atoms in total. The van der Waals surface area contributed by atoms with Gasteiger partial charge in [0, 0.05) is 6.07 Å². The number of aromatic amines is 1. The molecule has 18 heavy (non-hydrogen) atoms. The van der Waals surface area contributed by atoms with Gasteiger partial charge in [-0.25, -0.2) is 0 Å². The first-order chi connectivity index (χ1) is 8.45. The van der Waals surface area contributed by atoms with Crippen molar-refractivity contribution in [3.05, 3.63) is 37.3 Å². The molecule has 0 unspecified atom stereocenters. The molecule has 0 radical (unpaired) electrons. The minimum absolute atomic E-state index is 0.177. The van der Waals surface area contributed by atoms with E-state index in [9.17, 15) is 25.3 Å². The van der Waals surface area contributed by atoms with E-state index in [0.29, 0.717) is 0 Å². The maximum Gasteiger partial charge on any atom is 0.403 e. The quantitative estimate of drug-likeness (QED) is 0.483. The molecule has 90 valence electrons. The third-order valence-corrected chi connectivity index (χ3v) is 2.32. The second kappa shape index (κ2) is 3.67. The van der Waals surface area contributed by atoms with Crippen LogP contribution in [0.2, 0.25) is 0 Å². The Bertz CT molecular complexity index is 728. The first-order valence-electron chi connectivity index (χ1n) is 4.46. The molecule has 10 heteroatoms. The van der Waals surface area contributed by atoms with Crippen molar-refractivity contribution < 1.29 is 15.0 Å². The topological polar surface area (TPSA) is 153 Å². The summed E-state index contributed by atoms with van der Waals surface area (Å²) in [6.45, 7) is 0. The van der Waals surface area contributed by atoms with E-state index in [2.05, 4.69) is 9.96 Å². The number of nitro groups is 2. The van der Waals surface area contributed by atoms with Gasteiger partial charge in [-0.05, 0) is 0 Å². The lowest BCUT2D eigenvalue weighted by atomic mass is 10.2. The van der Waals surface area contributed by atoms with Crippen LogP contribution >= 0.6 is 0 Å². The minimum Gasteiger partial charge on any atom is -0.855 e. The molecule has 1 aromatic carbocycles. The number of fused-ring (bicyclic) bond motifs is 1. The Morgan fingerprint density at radius 3 is 2.39 bits per heavy atom. The van der Waals surface area contributed by atoms with Crippen molar-refractivity contribution in [1.82, 2.24) is 4.98 Å². The summed E-state index contributed by atoms with van der Waals surface area (Å²) >= 11 is 0. The number of benzene rings is 1. The molecule has 2 rings (SSSR count). The largest absolute Gasteiger partial charge is 0.855 e. The SMILES string of the molecule is N#[N+]c1c([O-])[nH]c2c([N+](=O)[O-])cc([N+](=O)[O-])cc12. The number of diazo groups is 1. The number of hydrogen-bond acceptors (Lipinski definition) is 6.